The van der Waals surface area contributed by atoms with Crippen LogP contribution in [-0.4, -0.2) is 44.0 Å². The fraction of sp³-hybridized carbons (Fsp3) is 0.643. The third-order valence-corrected chi connectivity index (χ3v) is 5.12. The Morgan fingerprint density at radius 1 is 1.35 bits per heavy atom. The van der Waals surface area contributed by atoms with Crippen LogP contribution in [0, 0.1) is 0 Å². The Morgan fingerprint density at radius 3 is 2.90 bits per heavy atom. The van der Waals surface area contributed by atoms with E-state index >= 15 is 0 Å². The van der Waals surface area contributed by atoms with Gasteiger partial charge < -0.3 is 10.2 Å². The minimum absolute atomic E-state index is 0.225. The van der Waals surface area contributed by atoms with Crippen molar-refractivity contribution in [3.63, 3.8) is 0 Å². The van der Waals surface area contributed by atoms with Gasteiger partial charge in [-0.3, -0.25) is 0 Å². The number of nitrogens with zero attached hydrogens (tertiary/aromatic N) is 2. The van der Waals surface area contributed by atoms with Crippen LogP contribution in [0.4, 0.5) is 5.82 Å². The maximum absolute atomic E-state index is 11.6. The number of nitrogens with one attached hydrogen (secondary N) is 1. The van der Waals surface area contributed by atoms with Gasteiger partial charge >= 0.3 is 0 Å². The highest BCUT2D eigenvalue weighted by Gasteiger charge is 2.20. The smallest absolute Gasteiger partial charge is 0.152 e. The molecule has 1 fully saturated rings. The van der Waals surface area contributed by atoms with E-state index in [9.17, 15) is 8.42 Å². The Kier molecular flexibility index (Phi) is 4.99. The maximum atomic E-state index is 11.6. The molecule has 0 unspecified atom stereocenters. The lowest BCUT2D eigenvalue weighted by Crippen LogP contribution is -2.28. The van der Waals surface area contributed by atoms with Crippen LogP contribution in [0.3, 0.4) is 0 Å². The number of pyridine rings is 1. The Balaban J connectivity index is 2.06. The van der Waals surface area contributed by atoms with Gasteiger partial charge in [0.25, 0.3) is 0 Å². The molecule has 0 aromatic carbocycles. The maximum Gasteiger partial charge on any atom is 0.152 e. The molecule has 1 aliphatic rings. The lowest BCUT2D eigenvalue weighted by molar-refractivity contribution is 0.588. The van der Waals surface area contributed by atoms with E-state index in [-0.39, 0.29) is 11.5 Å². The van der Waals surface area contributed by atoms with Crippen molar-refractivity contribution < 1.29 is 8.42 Å². The topological polar surface area (TPSA) is 62.3 Å². The quantitative estimate of drug-likeness (QED) is 0.905. The van der Waals surface area contributed by atoms with Crippen LogP contribution in [0.5, 0.6) is 0 Å². The van der Waals surface area contributed by atoms with E-state index in [2.05, 4.69) is 29.0 Å². The summed E-state index contributed by atoms with van der Waals surface area (Å²) in [5.41, 5.74) is 1.18. The molecule has 1 aromatic heterocycles. The summed E-state index contributed by atoms with van der Waals surface area (Å²) in [7, 11) is -2.87. The summed E-state index contributed by atoms with van der Waals surface area (Å²) in [5.74, 6) is 1.39. The van der Waals surface area contributed by atoms with E-state index in [1.54, 1.807) is 6.20 Å². The molecule has 1 saturated heterocycles. The molecule has 0 bridgehead atoms. The molecule has 0 radical (unpaired) electrons. The monoisotopic (exact) mass is 297 g/mol. The molecule has 20 heavy (non-hydrogen) atoms. The highest BCUT2D eigenvalue weighted by molar-refractivity contribution is 7.91. The standard InChI is InChI=1S/C14H23N3O2S/c1-12(2)16-11-13-4-5-15-14(10-13)17-6-3-8-20(18,19)9-7-17/h4-5,10,12,16H,3,6-9,11H2,1-2H3. The molecule has 0 aliphatic carbocycles. The molecule has 0 spiro atoms. The van der Waals surface area contributed by atoms with Crippen molar-refractivity contribution in [1.29, 1.82) is 0 Å². The van der Waals surface area contributed by atoms with Gasteiger partial charge in [-0.25, -0.2) is 13.4 Å². The molecular formula is C14H23N3O2S. The van der Waals surface area contributed by atoms with E-state index in [1.807, 2.05) is 12.1 Å². The lowest BCUT2D eigenvalue weighted by Gasteiger charge is -2.21. The third-order valence-electron chi connectivity index (χ3n) is 3.40. The van der Waals surface area contributed by atoms with Gasteiger partial charge in [0, 0.05) is 31.9 Å². The number of rotatable bonds is 4. The summed E-state index contributed by atoms with van der Waals surface area (Å²) in [6.45, 7) is 6.33. The number of aromatic nitrogens is 1. The zero-order chi connectivity index (χ0) is 14.6. The Labute approximate surface area is 121 Å². The van der Waals surface area contributed by atoms with Crippen molar-refractivity contribution in [2.45, 2.75) is 32.9 Å². The molecule has 0 atom stereocenters. The zero-order valence-electron chi connectivity index (χ0n) is 12.2. The van der Waals surface area contributed by atoms with Crippen LogP contribution in [0.15, 0.2) is 18.3 Å². The van der Waals surface area contributed by atoms with Crippen LogP contribution in [-0.2, 0) is 16.4 Å². The van der Waals surface area contributed by atoms with Crippen molar-refractivity contribution in [3.05, 3.63) is 23.9 Å². The van der Waals surface area contributed by atoms with Crippen LogP contribution >= 0.6 is 0 Å². The van der Waals surface area contributed by atoms with Gasteiger partial charge in [0.2, 0.25) is 0 Å². The van der Waals surface area contributed by atoms with Gasteiger partial charge in [-0.15, -0.1) is 0 Å². The van der Waals surface area contributed by atoms with Gasteiger partial charge in [0.05, 0.1) is 11.5 Å². The molecule has 2 rings (SSSR count). The molecule has 2 heterocycles. The molecule has 0 amide bonds. The van der Waals surface area contributed by atoms with Gasteiger partial charge in [-0.1, -0.05) is 13.8 Å². The number of hydrogen-bond acceptors (Lipinski definition) is 5. The van der Waals surface area contributed by atoms with Crippen molar-refractivity contribution in [2.24, 2.45) is 0 Å². The minimum Gasteiger partial charge on any atom is -0.356 e. The summed E-state index contributed by atoms with van der Waals surface area (Å²) in [6, 6.07) is 4.48. The molecule has 1 aliphatic heterocycles. The van der Waals surface area contributed by atoms with Crippen LogP contribution < -0.4 is 10.2 Å². The first-order chi connectivity index (χ1) is 9.46. The van der Waals surface area contributed by atoms with Gasteiger partial charge in [-0.2, -0.15) is 0 Å². The van der Waals surface area contributed by atoms with E-state index in [0.29, 0.717) is 19.0 Å². The molecule has 0 saturated carbocycles. The summed E-state index contributed by atoms with van der Waals surface area (Å²) in [5, 5.41) is 3.38. The zero-order valence-corrected chi connectivity index (χ0v) is 13.0. The van der Waals surface area contributed by atoms with Crippen LogP contribution in [0.25, 0.3) is 0 Å². The predicted molar refractivity (Wildman–Crippen MR) is 81.7 cm³/mol. The Morgan fingerprint density at radius 2 is 2.15 bits per heavy atom. The second-order valence-electron chi connectivity index (χ2n) is 5.55. The minimum atomic E-state index is -2.87. The fourth-order valence-electron chi connectivity index (χ4n) is 2.23. The molecule has 112 valence electrons. The van der Waals surface area contributed by atoms with Crippen molar-refractivity contribution in [2.75, 3.05) is 29.5 Å². The van der Waals surface area contributed by atoms with Gasteiger partial charge in [0.15, 0.2) is 9.84 Å². The molecular weight excluding hydrogens is 274 g/mol. The molecule has 5 nitrogen and oxygen atoms in total. The normalized spacial score (nSPS) is 19.1. The van der Waals surface area contributed by atoms with Crippen LogP contribution in [0.2, 0.25) is 0 Å². The fourth-order valence-corrected chi connectivity index (χ4v) is 3.50. The Bertz CT molecular complexity index is 543. The number of sulfone groups is 1. The van der Waals surface area contributed by atoms with Crippen molar-refractivity contribution >= 4 is 15.7 Å². The summed E-state index contributed by atoms with van der Waals surface area (Å²) in [6.07, 6.45) is 2.48. The highest BCUT2D eigenvalue weighted by Crippen LogP contribution is 2.16. The Hall–Kier alpha value is -1.14. The summed E-state index contributed by atoms with van der Waals surface area (Å²) >= 11 is 0. The first kappa shape index (κ1) is 15.3. The van der Waals surface area contributed by atoms with E-state index in [0.717, 1.165) is 18.9 Å². The predicted octanol–water partition coefficient (Wildman–Crippen LogP) is 1.20. The van der Waals surface area contributed by atoms with E-state index < -0.39 is 9.84 Å². The largest absolute Gasteiger partial charge is 0.356 e. The molecule has 1 aromatic rings. The average Bonchev–Trinajstić information content (AvgIpc) is 2.58. The SMILES string of the molecule is CC(C)NCc1ccnc(N2CCCS(=O)(=O)CC2)c1. The second kappa shape index (κ2) is 6.54. The molecule has 6 heteroatoms. The van der Waals surface area contributed by atoms with Crippen molar-refractivity contribution in [1.82, 2.24) is 10.3 Å². The first-order valence-electron chi connectivity index (χ1n) is 7.10. The van der Waals surface area contributed by atoms with Gasteiger partial charge in [-0.05, 0) is 24.1 Å². The second-order valence-corrected chi connectivity index (χ2v) is 7.85. The summed E-state index contributed by atoms with van der Waals surface area (Å²) < 4.78 is 23.3. The van der Waals surface area contributed by atoms with E-state index in [1.165, 1.54) is 5.56 Å². The van der Waals surface area contributed by atoms with E-state index in [4.69, 9.17) is 0 Å². The summed E-state index contributed by atoms with van der Waals surface area (Å²) in [4.78, 5) is 6.46. The van der Waals surface area contributed by atoms with Crippen LogP contribution in [0.1, 0.15) is 25.8 Å². The lowest BCUT2D eigenvalue weighted by atomic mass is 10.2. The number of hydrogen-bond donors (Lipinski definition) is 1. The van der Waals surface area contributed by atoms with Crippen molar-refractivity contribution in [3.8, 4) is 0 Å². The average molecular weight is 297 g/mol. The highest BCUT2D eigenvalue weighted by atomic mass is 32.2. The van der Waals surface area contributed by atoms with Gasteiger partial charge in [0.1, 0.15) is 5.82 Å². The molecule has 1 N–H and O–H groups in total. The first-order valence-corrected chi connectivity index (χ1v) is 8.92. The third kappa shape index (κ3) is 4.45. The number of anilines is 1.